The average molecular weight is 287 g/mol. The maximum Gasteiger partial charge on any atom is 0.276 e. The molecule has 1 aromatic heterocycles. The summed E-state index contributed by atoms with van der Waals surface area (Å²) >= 11 is 0. The summed E-state index contributed by atoms with van der Waals surface area (Å²) in [5.41, 5.74) is 0.383. The molecule has 2 aromatic rings. The van der Waals surface area contributed by atoms with Crippen molar-refractivity contribution in [2.45, 2.75) is 13.5 Å². The molecular weight excluding hydrogens is 274 g/mol. The van der Waals surface area contributed by atoms with Gasteiger partial charge in [-0.1, -0.05) is 0 Å². The van der Waals surface area contributed by atoms with Crippen LogP contribution in [-0.4, -0.2) is 25.6 Å². The van der Waals surface area contributed by atoms with E-state index in [1.54, 1.807) is 10.9 Å². The Bertz CT molecular complexity index is 719. The number of carbonyl (C=O) groups excluding carboxylic acids is 1. The van der Waals surface area contributed by atoms with Crippen molar-refractivity contribution in [1.82, 2.24) is 9.78 Å². The number of nitrogens with zero attached hydrogens (tertiary/aromatic N) is 3. The van der Waals surface area contributed by atoms with E-state index in [0.717, 1.165) is 0 Å². The van der Waals surface area contributed by atoms with Crippen LogP contribution in [0.15, 0.2) is 36.7 Å². The van der Waals surface area contributed by atoms with E-state index in [9.17, 15) is 20.0 Å². The van der Waals surface area contributed by atoms with E-state index in [4.69, 9.17) is 0 Å². The van der Waals surface area contributed by atoms with Crippen molar-refractivity contribution < 1.29 is 14.8 Å². The van der Waals surface area contributed by atoms with Crippen LogP contribution in [0.3, 0.4) is 0 Å². The van der Waals surface area contributed by atoms with Gasteiger partial charge in [-0.05, 0) is 31.2 Å². The molecule has 21 heavy (non-hydrogen) atoms. The first-order chi connectivity index (χ1) is 10.0. The van der Waals surface area contributed by atoms with Crippen LogP contribution in [0.5, 0.6) is 5.75 Å². The molecular formula is C14H13N3O4. The highest BCUT2D eigenvalue weighted by atomic mass is 16.6. The van der Waals surface area contributed by atoms with E-state index in [-0.39, 0.29) is 22.8 Å². The Morgan fingerprint density at radius 3 is 2.90 bits per heavy atom. The number of allylic oxidation sites excluding steroid dienone is 1. The summed E-state index contributed by atoms with van der Waals surface area (Å²) in [6, 6.07) is 3.65. The second-order valence-electron chi connectivity index (χ2n) is 4.28. The van der Waals surface area contributed by atoms with E-state index in [2.05, 4.69) is 5.10 Å². The van der Waals surface area contributed by atoms with Crippen molar-refractivity contribution in [3.05, 3.63) is 57.9 Å². The summed E-state index contributed by atoms with van der Waals surface area (Å²) in [5.74, 6) is -0.418. The number of rotatable bonds is 5. The highest BCUT2D eigenvalue weighted by Gasteiger charge is 2.12. The lowest BCUT2D eigenvalue weighted by Crippen LogP contribution is -1.95. The Balaban J connectivity index is 2.26. The fraction of sp³-hybridized carbons (Fsp3) is 0.143. The van der Waals surface area contributed by atoms with Crippen LogP contribution in [0, 0.1) is 10.1 Å². The third kappa shape index (κ3) is 3.33. The number of phenols is 1. The topological polar surface area (TPSA) is 98.3 Å². The molecule has 0 aliphatic heterocycles. The lowest BCUT2D eigenvalue weighted by molar-refractivity contribution is -0.385. The van der Waals surface area contributed by atoms with E-state index in [1.807, 2.05) is 6.92 Å². The minimum atomic E-state index is -0.571. The van der Waals surface area contributed by atoms with Gasteiger partial charge in [0.15, 0.2) is 5.78 Å². The van der Waals surface area contributed by atoms with Crippen LogP contribution < -0.4 is 0 Å². The molecule has 0 amide bonds. The Labute approximate surface area is 120 Å². The van der Waals surface area contributed by atoms with Gasteiger partial charge in [0.05, 0.1) is 22.2 Å². The van der Waals surface area contributed by atoms with E-state index in [0.29, 0.717) is 12.1 Å². The van der Waals surface area contributed by atoms with Crippen LogP contribution in [0.25, 0.3) is 6.08 Å². The molecule has 0 saturated heterocycles. The normalized spacial score (nSPS) is 10.9. The third-order valence-electron chi connectivity index (χ3n) is 2.86. The first-order valence-corrected chi connectivity index (χ1v) is 6.23. The Morgan fingerprint density at radius 2 is 2.29 bits per heavy atom. The van der Waals surface area contributed by atoms with Crippen molar-refractivity contribution >= 4 is 17.5 Å². The molecule has 108 valence electrons. The molecule has 1 heterocycles. The standard InChI is InChI=1S/C14H13N3O4/c1-2-16-9-11(8-15-16)14(19)6-3-10-7-12(18)4-5-13(10)17(20)21/h3-9,18H,2H2,1H3. The molecule has 2 rings (SSSR count). The molecule has 7 nitrogen and oxygen atoms in total. The molecule has 0 saturated carbocycles. The zero-order chi connectivity index (χ0) is 15.4. The first-order valence-electron chi connectivity index (χ1n) is 6.23. The van der Waals surface area contributed by atoms with Crippen molar-refractivity contribution in [3.63, 3.8) is 0 Å². The molecule has 0 unspecified atom stereocenters. The highest BCUT2D eigenvalue weighted by molar-refractivity contribution is 6.06. The van der Waals surface area contributed by atoms with E-state index in [1.165, 1.54) is 36.5 Å². The second kappa shape index (κ2) is 6.00. The van der Waals surface area contributed by atoms with Crippen molar-refractivity contribution in [1.29, 1.82) is 0 Å². The van der Waals surface area contributed by atoms with Gasteiger partial charge in [-0.25, -0.2) is 0 Å². The number of nitro benzene ring substituents is 1. The van der Waals surface area contributed by atoms with Gasteiger partial charge in [0.2, 0.25) is 0 Å². The maximum absolute atomic E-state index is 11.9. The number of nitro groups is 1. The molecule has 0 bridgehead atoms. The van der Waals surface area contributed by atoms with Gasteiger partial charge in [-0.3, -0.25) is 19.6 Å². The van der Waals surface area contributed by atoms with Crippen LogP contribution in [0.2, 0.25) is 0 Å². The van der Waals surface area contributed by atoms with Crippen LogP contribution in [0.1, 0.15) is 22.8 Å². The molecule has 0 spiro atoms. The first kappa shape index (κ1) is 14.4. The average Bonchev–Trinajstić information content (AvgIpc) is 2.93. The number of aromatic hydroxyl groups is 1. The third-order valence-corrected chi connectivity index (χ3v) is 2.86. The predicted molar refractivity (Wildman–Crippen MR) is 76.0 cm³/mol. The minimum Gasteiger partial charge on any atom is -0.508 e. The van der Waals surface area contributed by atoms with Gasteiger partial charge >= 0.3 is 0 Å². The van der Waals surface area contributed by atoms with Gasteiger partial charge in [0, 0.05) is 18.8 Å². The number of hydrogen-bond acceptors (Lipinski definition) is 5. The van der Waals surface area contributed by atoms with E-state index >= 15 is 0 Å². The van der Waals surface area contributed by atoms with Gasteiger partial charge in [0.25, 0.3) is 5.69 Å². The monoisotopic (exact) mass is 287 g/mol. The summed E-state index contributed by atoms with van der Waals surface area (Å²) in [6.07, 6.45) is 5.57. The zero-order valence-electron chi connectivity index (χ0n) is 11.3. The number of carbonyl (C=O) groups is 1. The van der Waals surface area contributed by atoms with Gasteiger partial charge < -0.3 is 5.11 Å². The minimum absolute atomic E-state index is 0.105. The second-order valence-corrected chi connectivity index (χ2v) is 4.28. The van der Waals surface area contributed by atoms with Crippen LogP contribution in [0.4, 0.5) is 5.69 Å². The number of hydrogen-bond donors (Lipinski definition) is 1. The molecule has 1 aromatic carbocycles. The number of benzene rings is 1. The highest BCUT2D eigenvalue weighted by Crippen LogP contribution is 2.24. The summed E-state index contributed by atoms with van der Waals surface area (Å²) in [5, 5.41) is 24.2. The quantitative estimate of drug-likeness (QED) is 0.394. The lowest BCUT2D eigenvalue weighted by Gasteiger charge is -1.98. The predicted octanol–water partition coefficient (Wildman–Crippen LogP) is 2.41. The summed E-state index contributed by atoms with van der Waals surface area (Å²) < 4.78 is 1.61. The molecule has 0 atom stereocenters. The van der Waals surface area contributed by atoms with E-state index < -0.39 is 4.92 Å². The summed E-state index contributed by atoms with van der Waals surface area (Å²) in [6.45, 7) is 2.54. The zero-order valence-corrected chi connectivity index (χ0v) is 11.3. The molecule has 0 aliphatic carbocycles. The van der Waals surface area contributed by atoms with Crippen molar-refractivity contribution in [3.8, 4) is 5.75 Å². The molecule has 0 aliphatic rings. The molecule has 1 N–H and O–H groups in total. The molecule has 0 radical (unpaired) electrons. The number of ketones is 1. The van der Waals surface area contributed by atoms with Crippen LogP contribution in [-0.2, 0) is 6.54 Å². The fourth-order valence-electron chi connectivity index (χ4n) is 1.77. The summed E-state index contributed by atoms with van der Waals surface area (Å²) in [7, 11) is 0. The van der Waals surface area contributed by atoms with Gasteiger partial charge in [-0.15, -0.1) is 0 Å². The number of aryl methyl sites for hydroxylation is 1. The largest absolute Gasteiger partial charge is 0.508 e. The Kier molecular flexibility index (Phi) is 4.13. The van der Waals surface area contributed by atoms with Crippen LogP contribution >= 0.6 is 0 Å². The fourth-order valence-corrected chi connectivity index (χ4v) is 1.77. The van der Waals surface area contributed by atoms with Crippen molar-refractivity contribution in [2.24, 2.45) is 0 Å². The Morgan fingerprint density at radius 1 is 1.52 bits per heavy atom. The summed E-state index contributed by atoms with van der Waals surface area (Å²) in [4.78, 5) is 22.3. The number of phenolic OH excluding ortho intramolecular Hbond substituents is 1. The maximum atomic E-state index is 11.9. The van der Waals surface area contributed by atoms with Gasteiger partial charge in [-0.2, -0.15) is 5.10 Å². The van der Waals surface area contributed by atoms with Gasteiger partial charge in [0.1, 0.15) is 5.75 Å². The Hall–Kier alpha value is -2.96. The number of aromatic nitrogens is 2. The molecule has 0 fully saturated rings. The SMILES string of the molecule is CCn1cc(C(=O)C=Cc2cc(O)ccc2[N+](=O)[O-])cn1. The molecule has 7 heteroatoms. The lowest BCUT2D eigenvalue weighted by atomic mass is 10.1. The smallest absolute Gasteiger partial charge is 0.276 e. The van der Waals surface area contributed by atoms with Crippen molar-refractivity contribution in [2.75, 3.05) is 0 Å².